The van der Waals surface area contributed by atoms with Crippen molar-refractivity contribution in [3.05, 3.63) is 86.3 Å². The van der Waals surface area contributed by atoms with Gasteiger partial charge in [0.25, 0.3) is 0 Å². The van der Waals surface area contributed by atoms with Crippen LogP contribution >= 0.6 is 0 Å². The molecule has 0 saturated carbocycles. The van der Waals surface area contributed by atoms with Crippen LogP contribution in [-0.4, -0.2) is 37.2 Å². The standard InChI is InChI=1S/C32H28O9/c1-16-13-24(34)40-31-26(16)29(36)27(17(2)33)32-28(31)21(15-25(35)41-32)20-5-4-6-23(37-3)30(20)39-11-9-18-7-8-22-19(14-18)10-12-38-22/h4-8,13-14,21,36H,9-12,15H2,1-3H3/t21-/m1/s1. The molecule has 6 rings (SSSR count). The molecule has 1 N–H and O–H groups in total. The summed E-state index contributed by atoms with van der Waals surface area (Å²) in [6.07, 6.45) is 1.38. The zero-order valence-corrected chi connectivity index (χ0v) is 22.9. The summed E-state index contributed by atoms with van der Waals surface area (Å²) in [6.45, 7) is 3.92. The van der Waals surface area contributed by atoms with Gasteiger partial charge in [-0.05, 0) is 42.7 Å². The summed E-state index contributed by atoms with van der Waals surface area (Å²) in [4.78, 5) is 38.1. The Kier molecular flexibility index (Phi) is 6.65. The number of benzene rings is 3. The van der Waals surface area contributed by atoms with E-state index in [0.29, 0.717) is 47.8 Å². The number of ether oxygens (including phenoxy) is 4. The predicted octanol–water partition coefficient (Wildman–Crippen LogP) is 5.02. The Hall–Kier alpha value is -4.79. The number of phenols is 1. The van der Waals surface area contributed by atoms with E-state index in [1.807, 2.05) is 12.1 Å². The summed E-state index contributed by atoms with van der Waals surface area (Å²) < 4.78 is 28.7. The van der Waals surface area contributed by atoms with Gasteiger partial charge in [-0.2, -0.15) is 0 Å². The fraction of sp³-hybridized carbons (Fsp3) is 0.281. The van der Waals surface area contributed by atoms with Crippen molar-refractivity contribution in [2.24, 2.45) is 0 Å². The van der Waals surface area contributed by atoms with E-state index in [4.69, 9.17) is 23.4 Å². The minimum atomic E-state index is -0.723. The highest BCUT2D eigenvalue weighted by molar-refractivity contribution is 6.09. The number of rotatable bonds is 7. The molecule has 0 aliphatic carbocycles. The minimum Gasteiger partial charge on any atom is -0.506 e. The lowest BCUT2D eigenvalue weighted by Crippen LogP contribution is -2.24. The highest BCUT2D eigenvalue weighted by Crippen LogP contribution is 2.52. The number of methoxy groups -OCH3 is 1. The maximum atomic E-state index is 12.9. The lowest BCUT2D eigenvalue weighted by atomic mass is 9.82. The van der Waals surface area contributed by atoms with Crippen molar-refractivity contribution in [2.75, 3.05) is 20.3 Å². The Labute approximate surface area is 235 Å². The Morgan fingerprint density at radius 1 is 1.15 bits per heavy atom. The number of aromatic hydroxyl groups is 1. The lowest BCUT2D eigenvalue weighted by molar-refractivity contribution is -0.135. The van der Waals surface area contributed by atoms with Crippen LogP contribution in [0.25, 0.3) is 11.0 Å². The second kappa shape index (κ2) is 10.3. The molecule has 0 unspecified atom stereocenters. The SMILES string of the molecule is COc1cccc([C@H]2CC(=O)Oc3c(C(C)=O)c(O)c4c(C)cc(=O)oc4c32)c1OCCc1ccc2c(c1)CCO2. The summed E-state index contributed by atoms with van der Waals surface area (Å²) in [6, 6.07) is 12.7. The van der Waals surface area contributed by atoms with E-state index in [1.165, 1.54) is 25.7 Å². The number of hydrogen-bond donors (Lipinski definition) is 1. The normalized spacial score (nSPS) is 15.6. The fourth-order valence-corrected chi connectivity index (χ4v) is 5.79. The van der Waals surface area contributed by atoms with E-state index in [-0.39, 0.29) is 28.7 Å². The number of fused-ring (bicyclic) bond motifs is 4. The molecule has 9 heteroatoms. The van der Waals surface area contributed by atoms with E-state index in [9.17, 15) is 19.5 Å². The molecule has 3 aromatic carbocycles. The maximum absolute atomic E-state index is 12.9. The number of para-hydroxylation sites is 1. The largest absolute Gasteiger partial charge is 0.506 e. The maximum Gasteiger partial charge on any atom is 0.336 e. The highest BCUT2D eigenvalue weighted by atomic mass is 16.5. The average Bonchev–Trinajstić information content (AvgIpc) is 3.40. The van der Waals surface area contributed by atoms with Crippen molar-refractivity contribution in [3.63, 3.8) is 0 Å². The monoisotopic (exact) mass is 556 g/mol. The van der Waals surface area contributed by atoms with Gasteiger partial charge in [0.2, 0.25) is 0 Å². The van der Waals surface area contributed by atoms with Gasteiger partial charge in [0, 0.05) is 36.0 Å². The van der Waals surface area contributed by atoms with Crippen LogP contribution in [0, 0.1) is 6.92 Å². The third kappa shape index (κ3) is 4.57. The zero-order valence-electron chi connectivity index (χ0n) is 22.9. The average molecular weight is 557 g/mol. The Balaban J connectivity index is 1.47. The molecule has 2 aliphatic heterocycles. The van der Waals surface area contributed by atoms with Crippen LogP contribution < -0.4 is 24.6 Å². The van der Waals surface area contributed by atoms with Crippen molar-refractivity contribution in [3.8, 4) is 28.7 Å². The number of carbonyl (C=O) groups excluding carboxylic acids is 2. The molecule has 1 atom stereocenters. The highest BCUT2D eigenvalue weighted by Gasteiger charge is 2.39. The van der Waals surface area contributed by atoms with Gasteiger partial charge < -0.3 is 28.5 Å². The molecule has 0 saturated heterocycles. The molecule has 210 valence electrons. The molecule has 0 spiro atoms. The molecule has 9 nitrogen and oxygen atoms in total. The Morgan fingerprint density at radius 3 is 2.76 bits per heavy atom. The van der Waals surface area contributed by atoms with Crippen LogP contribution in [0.5, 0.6) is 28.7 Å². The van der Waals surface area contributed by atoms with E-state index in [2.05, 4.69) is 6.07 Å². The Bertz CT molecular complexity index is 1780. The smallest absolute Gasteiger partial charge is 0.336 e. The van der Waals surface area contributed by atoms with Gasteiger partial charge in [-0.15, -0.1) is 0 Å². The van der Waals surface area contributed by atoms with E-state index in [1.54, 1.807) is 25.1 Å². The number of aryl methyl sites for hydroxylation is 1. The summed E-state index contributed by atoms with van der Waals surface area (Å²) in [5.74, 6) is -0.554. The molecule has 0 bridgehead atoms. The first-order valence-electron chi connectivity index (χ1n) is 13.4. The van der Waals surface area contributed by atoms with E-state index < -0.39 is 29.0 Å². The van der Waals surface area contributed by atoms with Gasteiger partial charge in [0.05, 0.1) is 32.1 Å². The summed E-state index contributed by atoms with van der Waals surface area (Å²) in [5.41, 5.74) is 2.89. The number of esters is 1. The Morgan fingerprint density at radius 2 is 1.98 bits per heavy atom. The van der Waals surface area contributed by atoms with E-state index >= 15 is 0 Å². The number of ketones is 1. The second-order valence-corrected chi connectivity index (χ2v) is 10.2. The number of Topliss-reactive ketones (excluding diaryl/α,β-unsaturated/α-hetero) is 1. The minimum absolute atomic E-state index is 0.0547. The lowest BCUT2D eigenvalue weighted by Gasteiger charge is -2.29. The molecule has 1 aromatic heterocycles. The summed E-state index contributed by atoms with van der Waals surface area (Å²) >= 11 is 0. The van der Waals surface area contributed by atoms with Crippen LogP contribution in [0.4, 0.5) is 0 Å². The molecule has 0 amide bonds. The number of phenolic OH excluding ortho intramolecular Hbond substituents is 1. The van der Waals surface area contributed by atoms with Crippen molar-refractivity contribution in [1.29, 1.82) is 0 Å². The molecule has 2 aliphatic rings. The van der Waals surface area contributed by atoms with Gasteiger partial charge in [0.15, 0.2) is 23.0 Å². The third-order valence-electron chi connectivity index (χ3n) is 7.63. The summed E-state index contributed by atoms with van der Waals surface area (Å²) in [5, 5.41) is 11.3. The molecular formula is C32H28O9. The molecule has 3 heterocycles. The molecule has 41 heavy (non-hydrogen) atoms. The third-order valence-corrected chi connectivity index (χ3v) is 7.63. The van der Waals surface area contributed by atoms with Crippen molar-refractivity contribution in [1.82, 2.24) is 0 Å². The van der Waals surface area contributed by atoms with Gasteiger partial charge in [-0.3, -0.25) is 9.59 Å². The van der Waals surface area contributed by atoms with Crippen LogP contribution in [0.15, 0.2) is 51.7 Å². The van der Waals surface area contributed by atoms with Crippen molar-refractivity contribution < 1.29 is 38.1 Å². The molecule has 4 aromatic rings. The van der Waals surface area contributed by atoms with Crippen molar-refractivity contribution in [2.45, 2.75) is 39.0 Å². The van der Waals surface area contributed by atoms with Crippen molar-refractivity contribution >= 4 is 22.7 Å². The van der Waals surface area contributed by atoms with Gasteiger partial charge in [-0.25, -0.2) is 4.79 Å². The van der Waals surface area contributed by atoms with Crippen LogP contribution in [-0.2, 0) is 17.6 Å². The van der Waals surface area contributed by atoms with Crippen LogP contribution in [0.1, 0.15) is 57.4 Å². The summed E-state index contributed by atoms with van der Waals surface area (Å²) in [7, 11) is 1.53. The quantitative estimate of drug-likeness (QED) is 0.145. The van der Waals surface area contributed by atoms with Crippen LogP contribution in [0.2, 0.25) is 0 Å². The van der Waals surface area contributed by atoms with E-state index in [0.717, 1.165) is 17.7 Å². The fourth-order valence-electron chi connectivity index (χ4n) is 5.79. The van der Waals surface area contributed by atoms with Gasteiger partial charge >= 0.3 is 11.6 Å². The topological polar surface area (TPSA) is 122 Å². The zero-order chi connectivity index (χ0) is 28.8. The van der Waals surface area contributed by atoms with Gasteiger partial charge in [0.1, 0.15) is 22.6 Å². The number of hydrogen-bond acceptors (Lipinski definition) is 9. The molecular weight excluding hydrogens is 528 g/mol. The first-order chi connectivity index (χ1) is 19.8. The number of carbonyl (C=O) groups is 2. The van der Waals surface area contributed by atoms with Crippen LogP contribution in [0.3, 0.4) is 0 Å². The molecule has 0 fully saturated rings. The second-order valence-electron chi connectivity index (χ2n) is 10.2. The first kappa shape index (κ1) is 26.4. The first-order valence-corrected chi connectivity index (χ1v) is 13.4. The molecule has 0 radical (unpaired) electrons. The van der Waals surface area contributed by atoms with Gasteiger partial charge in [-0.1, -0.05) is 24.3 Å². The predicted molar refractivity (Wildman–Crippen MR) is 149 cm³/mol.